The number of rotatable bonds is 2. The van der Waals surface area contributed by atoms with E-state index in [9.17, 15) is 8.42 Å². The van der Waals surface area contributed by atoms with Gasteiger partial charge in [0.25, 0.3) is 0 Å². The predicted molar refractivity (Wildman–Crippen MR) is 57.7 cm³/mol. The first-order chi connectivity index (χ1) is 7.03. The van der Waals surface area contributed by atoms with E-state index in [4.69, 9.17) is 0 Å². The number of benzene rings is 1. The average molecular weight is 225 g/mol. The lowest BCUT2D eigenvalue weighted by Crippen LogP contribution is -2.23. The Kier molecular flexibility index (Phi) is 2.44. The second-order valence-corrected chi connectivity index (χ2v) is 5.80. The zero-order valence-corrected chi connectivity index (χ0v) is 9.58. The van der Waals surface area contributed by atoms with Crippen LogP contribution in [-0.4, -0.2) is 33.4 Å². The Morgan fingerprint density at radius 1 is 1.33 bits per heavy atom. The molecule has 1 aliphatic rings. The van der Waals surface area contributed by atoms with Gasteiger partial charge in [0.05, 0.1) is 5.69 Å². The summed E-state index contributed by atoms with van der Waals surface area (Å²) in [5.74, 6) is 0. The van der Waals surface area contributed by atoms with Gasteiger partial charge in [0.1, 0.15) is 4.90 Å². The number of para-hydroxylation sites is 1. The summed E-state index contributed by atoms with van der Waals surface area (Å²) < 4.78 is 25.1. The van der Waals surface area contributed by atoms with Gasteiger partial charge in [-0.25, -0.2) is 12.7 Å². The SMILES string of the molecule is CN(C)S(=O)(=O)c1cccc2c1[N]CC2. The van der Waals surface area contributed by atoms with Crippen LogP contribution in [0, 0.1) is 0 Å². The van der Waals surface area contributed by atoms with Gasteiger partial charge in [-0.3, -0.25) is 5.32 Å². The molecule has 0 amide bonds. The van der Waals surface area contributed by atoms with Gasteiger partial charge < -0.3 is 0 Å². The van der Waals surface area contributed by atoms with E-state index in [0.717, 1.165) is 12.0 Å². The van der Waals surface area contributed by atoms with Crippen molar-refractivity contribution in [2.75, 3.05) is 20.6 Å². The zero-order chi connectivity index (χ0) is 11.1. The van der Waals surface area contributed by atoms with Gasteiger partial charge in [0.15, 0.2) is 0 Å². The van der Waals surface area contributed by atoms with Gasteiger partial charge >= 0.3 is 0 Å². The van der Waals surface area contributed by atoms with Crippen LogP contribution in [0.15, 0.2) is 23.1 Å². The second kappa shape index (κ2) is 3.50. The van der Waals surface area contributed by atoms with Crippen molar-refractivity contribution in [1.29, 1.82) is 0 Å². The molecule has 0 saturated carbocycles. The highest BCUT2D eigenvalue weighted by Crippen LogP contribution is 2.31. The number of hydrogen-bond donors (Lipinski definition) is 0. The van der Waals surface area contributed by atoms with Crippen LogP contribution >= 0.6 is 0 Å². The summed E-state index contributed by atoms with van der Waals surface area (Å²) in [5.41, 5.74) is 1.67. The Bertz CT molecular complexity index is 480. The van der Waals surface area contributed by atoms with E-state index in [1.165, 1.54) is 18.4 Å². The maximum absolute atomic E-state index is 12.0. The quantitative estimate of drug-likeness (QED) is 0.745. The zero-order valence-electron chi connectivity index (χ0n) is 8.77. The maximum atomic E-state index is 12.0. The van der Waals surface area contributed by atoms with Gasteiger partial charge in [-0.05, 0) is 18.1 Å². The van der Waals surface area contributed by atoms with Crippen LogP contribution in [0.3, 0.4) is 0 Å². The van der Waals surface area contributed by atoms with Crippen molar-refractivity contribution in [3.63, 3.8) is 0 Å². The fraction of sp³-hybridized carbons (Fsp3) is 0.400. The lowest BCUT2D eigenvalue weighted by molar-refractivity contribution is 0.520. The molecule has 0 atom stereocenters. The Labute approximate surface area is 90.0 Å². The van der Waals surface area contributed by atoms with Gasteiger partial charge in [0.2, 0.25) is 10.0 Å². The fourth-order valence-electron chi connectivity index (χ4n) is 1.64. The molecule has 1 aromatic carbocycles. The molecule has 0 saturated heterocycles. The highest BCUT2D eigenvalue weighted by atomic mass is 32.2. The van der Waals surface area contributed by atoms with Crippen LogP contribution in [0.1, 0.15) is 5.56 Å². The minimum Gasteiger partial charge on any atom is -0.283 e. The van der Waals surface area contributed by atoms with Crippen molar-refractivity contribution >= 4 is 15.7 Å². The van der Waals surface area contributed by atoms with Crippen LogP contribution in [0.4, 0.5) is 5.69 Å². The molecule has 0 aliphatic carbocycles. The van der Waals surface area contributed by atoms with E-state index in [2.05, 4.69) is 5.32 Å². The van der Waals surface area contributed by atoms with Crippen LogP contribution in [0.2, 0.25) is 0 Å². The number of fused-ring (bicyclic) bond motifs is 1. The lowest BCUT2D eigenvalue weighted by Gasteiger charge is -2.13. The summed E-state index contributed by atoms with van der Waals surface area (Å²) in [6, 6.07) is 5.32. The van der Waals surface area contributed by atoms with E-state index in [-0.39, 0.29) is 0 Å². The molecule has 81 valence electrons. The fourth-order valence-corrected chi connectivity index (χ4v) is 2.73. The molecule has 0 unspecified atom stereocenters. The third-order valence-electron chi connectivity index (χ3n) is 2.49. The molecule has 2 rings (SSSR count). The Balaban J connectivity index is 2.60. The van der Waals surface area contributed by atoms with E-state index in [1.54, 1.807) is 12.1 Å². The first-order valence-electron chi connectivity index (χ1n) is 4.75. The largest absolute Gasteiger partial charge is 0.283 e. The third kappa shape index (κ3) is 1.61. The number of nitrogens with zero attached hydrogens (tertiary/aromatic N) is 2. The summed E-state index contributed by atoms with van der Waals surface area (Å²) in [7, 11) is -0.300. The smallest absolute Gasteiger partial charge is 0.244 e. The molecule has 1 aliphatic heterocycles. The summed E-state index contributed by atoms with van der Waals surface area (Å²) in [5, 5.41) is 4.24. The van der Waals surface area contributed by atoms with Gasteiger partial charge in [-0.1, -0.05) is 12.1 Å². The highest BCUT2D eigenvalue weighted by molar-refractivity contribution is 7.89. The topological polar surface area (TPSA) is 51.5 Å². The van der Waals surface area contributed by atoms with Crippen molar-refractivity contribution in [2.24, 2.45) is 0 Å². The van der Waals surface area contributed by atoms with E-state index in [1.807, 2.05) is 6.07 Å². The molecule has 4 nitrogen and oxygen atoms in total. The van der Waals surface area contributed by atoms with Crippen LogP contribution < -0.4 is 5.32 Å². The summed E-state index contributed by atoms with van der Waals surface area (Å²) in [4.78, 5) is 0.322. The van der Waals surface area contributed by atoms with Crippen LogP contribution in [0.25, 0.3) is 0 Å². The molecule has 1 heterocycles. The van der Waals surface area contributed by atoms with Gasteiger partial charge in [-0.2, -0.15) is 0 Å². The molecule has 0 N–H and O–H groups in total. The van der Waals surface area contributed by atoms with Crippen molar-refractivity contribution in [1.82, 2.24) is 9.62 Å². The maximum Gasteiger partial charge on any atom is 0.244 e. The van der Waals surface area contributed by atoms with Crippen LogP contribution in [-0.2, 0) is 16.4 Å². The van der Waals surface area contributed by atoms with Gasteiger partial charge in [-0.15, -0.1) is 0 Å². The molecular weight excluding hydrogens is 212 g/mol. The summed E-state index contributed by atoms with van der Waals surface area (Å²) in [6.45, 7) is 0.690. The first-order valence-corrected chi connectivity index (χ1v) is 6.19. The highest BCUT2D eigenvalue weighted by Gasteiger charge is 2.25. The minimum absolute atomic E-state index is 0.322. The average Bonchev–Trinajstić information content (AvgIpc) is 2.64. The molecule has 0 aromatic heterocycles. The first kappa shape index (κ1) is 10.4. The normalized spacial score (nSPS) is 15.1. The molecule has 15 heavy (non-hydrogen) atoms. The summed E-state index contributed by atoms with van der Waals surface area (Å²) in [6.07, 6.45) is 0.839. The number of sulfonamides is 1. The Morgan fingerprint density at radius 2 is 2.07 bits per heavy atom. The lowest BCUT2D eigenvalue weighted by atomic mass is 10.2. The summed E-state index contributed by atoms with van der Waals surface area (Å²) >= 11 is 0. The van der Waals surface area contributed by atoms with Gasteiger partial charge in [0, 0.05) is 20.6 Å². The molecule has 0 bridgehead atoms. The Hall–Kier alpha value is -1.07. The van der Waals surface area contributed by atoms with E-state index in [0.29, 0.717) is 17.1 Å². The second-order valence-electron chi connectivity index (χ2n) is 3.68. The molecule has 1 aromatic rings. The molecule has 1 radical (unpaired) electrons. The van der Waals surface area contributed by atoms with Crippen molar-refractivity contribution in [3.05, 3.63) is 23.8 Å². The third-order valence-corrected chi connectivity index (χ3v) is 4.34. The standard InChI is InChI=1S/C10H13N2O2S/c1-12(2)15(13,14)9-5-3-4-8-6-7-11-10(8)9/h3-5H,6-7H2,1-2H3. The monoisotopic (exact) mass is 225 g/mol. The van der Waals surface area contributed by atoms with E-state index >= 15 is 0 Å². The molecule has 0 spiro atoms. The molecular formula is C10H13N2O2S. The molecule has 5 heteroatoms. The molecule has 0 fully saturated rings. The van der Waals surface area contributed by atoms with Crippen molar-refractivity contribution in [2.45, 2.75) is 11.3 Å². The minimum atomic E-state index is -3.36. The van der Waals surface area contributed by atoms with Crippen molar-refractivity contribution in [3.8, 4) is 0 Å². The number of hydrogen-bond acceptors (Lipinski definition) is 2. The Morgan fingerprint density at radius 3 is 2.73 bits per heavy atom. The van der Waals surface area contributed by atoms with Crippen LogP contribution in [0.5, 0.6) is 0 Å². The van der Waals surface area contributed by atoms with E-state index < -0.39 is 10.0 Å². The van der Waals surface area contributed by atoms with Crippen molar-refractivity contribution < 1.29 is 8.42 Å². The predicted octanol–water partition coefficient (Wildman–Crippen LogP) is 0.729.